The number of fused-ring (bicyclic) bond motifs is 1. The molecule has 7 heteroatoms. The van der Waals surface area contributed by atoms with Gasteiger partial charge in [0.25, 0.3) is 0 Å². The minimum Gasteiger partial charge on any atom is -0.481 e. The molecule has 0 unspecified atom stereocenters. The maximum Gasteiger partial charge on any atom is 0.313 e. The summed E-state index contributed by atoms with van der Waals surface area (Å²) in [6.07, 6.45) is 1.70. The minimum atomic E-state index is -0.860. The lowest BCUT2D eigenvalue weighted by Crippen LogP contribution is -2.08. The zero-order chi connectivity index (χ0) is 13.7. The number of carboxylic acids is 1. The number of pyridine rings is 1. The van der Waals surface area contributed by atoms with Gasteiger partial charge in [0.1, 0.15) is 5.52 Å². The lowest BCUT2D eigenvalue weighted by Gasteiger charge is -2.07. The van der Waals surface area contributed by atoms with Crippen LogP contribution in [0.4, 0.5) is 0 Å². The van der Waals surface area contributed by atoms with Crippen LogP contribution in [0.25, 0.3) is 11.2 Å². The fourth-order valence-corrected chi connectivity index (χ4v) is 2.42. The Morgan fingerprint density at radius 3 is 3.16 bits per heavy atom. The van der Waals surface area contributed by atoms with Gasteiger partial charge in [-0.25, -0.2) is 9.97 Å². The van der Waals surface area contributed by atoms with Crippen LogP contribution in [0, 0.1) is 0 Å². The van der Waals surface area contributed by atoms with Crippen molar-refractivity contribution in [3.05, 3.63) is 18.3 Å². The first kappa shape index (κ1) is 13.8. The quantitative estimate of drug-likeness (QED) is 0.614. The monoisotopic (exact) mass is 281 g/mol. The first-order valence-electron chi connectivity index (χ1n) is 5.96. The molecule has 0 fully saturated rings. The fourth-order valence-electron chi connectivity index (χ4n) is 1.68. The van der Waals surface area contributed by atoms with E-state index in [1.807, 2.05) is 23.6 Å². The Morgan fingerprint density at radius 1 is 1.58 bits per heavy atom. The van der Waals surface area contributed by atoms with E-state index in [1.165, 1.54) is 11.8 Å². The Bertz CT molecular complexity index is 570. The van der Waals surface area contributed by atoms with E-state index in [0.717, 1.165) is 11.2 Å². The summed E-state index contributed by atoms with van der Waals surface area (Å²) in [5.74, 6) is -0.876. The van der Waals surface area contributed by atoms with Gasteiger partial charge >= 0.3 is 5.97 Å². The molecule has 0 spiro atoms. The number of thioether (sulfide) groups is 1. The van der Waals surface area contributed by atoms with Crippen LogP contribution in [0.3, 0.4) is 0 Å². The number of ether oxygens (including phenoxy) is 1. The molecule has 0 atom stereocenters. The van der Waals surface area contributed by atoms with Crippen LogP contribution >= 0.6 is 11.8 Å². The Labute approximate surface area is 114 Å². The van der Waals surface area contributed by atoms with Gasteiger partial charge in [-0.05, 0) is 19.1 Å². The van der Waals surface area contributed by atoms with Gasteiger partial charge in [-0.1, -0.05) is 11.8 Å². The molecule has 1 N–H and O–H groups in total. The van der Waals surface area contributed by atoms with Gasteiger partial charge in [0.05, 0.1) is 18.9 Å². The molecular weight excluding hydrogens is 266 g/mol. The maximum absolute atomic E-state index is 10.7. The number of carbonyl (C=O) groups is 1. The zero-order valence-corrected chi connectivity index (χ0v) is 11.4. The number of imidazole rings is 1. The largest absolute Gasteiger partial charge is 0.481 e. The number of carboxylic acid groups (broad SMARTS) is 1. The molecule has 0 aromatic carbocycles. The van der Waals surface area contributed by atoms with Gasteiger partial charge in [0.15, 0.2) is 10.8 Å². The molecule has 2 aromatic rings. The lowest BCUT2D eigenvalue weighted by molar-refractivity contribution is -0.133. The van der Waals surface area contributed by atoms with Crippen molar-refractivity contribution in [3.63, 3.8) is 0 Å². The summed E-state index contributed by atoms with van der Waals surface area (Å²) >= 11 is 1.20. The lowest BCUT2D eigenvalue weighted by atomic mass is 10.4. The number of aromatic nitrogens is 3. The average Bonchev–Trinajstić information content (AvgIpc) is 2.75. The summed E-state index contributed by atoms with van der Waals surface area (Å²) < 4.78 is 7.24. The molecule has 19 heavy (non-hydrogen) atoms. The Kier molecular flexibility index (Phi) is 4.75. The second-order valence-electron chi connectivity index (χ2n) is 3.77. The molecule has 0 saturated heterocycles. The van der Waals surface area contributed by atoms with Crippen LogP contribution in [0.5, 0.6) is 0 Å². The van der Waals surface area contributed by atoms with E-state index in [4.69, 9.17) is 9.84 Å². The van der Waals surface area contributed by atoms with Crippen LogP contribution in [-0.4, -0.2) is 44.6 Å². The number of hydrogen-bond donors (Lipinski definition) is 1. The Morgan fingerprint density at radius 2 is 2.42 bits per heavy atom. The Hall–Kier alpha value is -1.60. The van der Waals surface area contributed by atoms with Gasteiger partial charge < -0.3 is 14.4 Å². The SMILES string of the molecule is CCOCCn1c(SCC(=O)O)nc2cccnc21. The van der Waals surface area contributed by atoms with E-state index in [2.05, 4.69) is 9.97 Å². The summed E-state index contributed by atoms with van der Waals surface area (Å²) in [4.78, 5) is 19.4. The van der Waals surface area contributed by atoms with Crippen LogP contribution in [0.2, 0.25) is 0 Å². The summed E-state index contributed by atoms with van der Waals surface area (Å²) in [6.45, 7) is 3.75. The molecule has 0 saturated carbocycles. The fraction of sp³-hybridized carbons (Fsp3) is 0.417. The topological polar surface area (TPSA) is 77.2 Å². The predicted molar refractivity (Wildman–Crippen MR) is 72.4 cm³/mol. The summed E-state index contributed by atoms with van der Waals surface area (Å²) in [7, 11) is 0. The number of nitrogens with zero attached hydrogens (tertiary/aromatic N) is 3. The third kappa shape index (κ3) is 3.45. The second-order valence-corrected chi connectivity index (χ2v) is 4.71. The molecule has 2 heterocycles. The highest BCUT2D eigenvalue weighted by atomic mass is 32.2. The highest BCUT2D eigenvalue weighted by Crippen LogP contribution is 2.22. The van der Waals surface area contributed by atoms with Gasteiger partial charge in [-0.3, -0.25) is 4.79 Å². The predicted octanol–water partition coefficient (Wildman–Crippen LogP) is 1.64. The number of hydrogen-bond acceptors (Lipinski definition) is 5. The van der Waals surface area contributed by atoms with Crippen LogP contribution in [0.1, 0.15) is 6.92 Å². The van der Waals surface area contributed by atoms with E-state index >= 15 is 0 Å². The van der Waals surface area contributed by atoms with E-state index < -0.39 is 5.97 Å². The highest BCUT2D eigenvalue weighted by Gasteiger charge is 2.13. The number of rotatable bonds is 7. The molecule has 2 aromatic heterocycles. The standard InChI is InChI=1S/C12H15N3O3S/c1-2-18-7-6-15-11-9(4-3-5-13-11)14-12(15)19-8-10(16)17/h3-5H,2,6-8H2,1H3,(H,16,17). The van der Waals surface area contributed by atoms with E-state index in [1.54, 1.807) is 6.20 Å². The first-order valence-corrected chi connectivity index (χ1v) is 6.94. The molecule has 6 nitrogen and oxygen atoms in total. The van der Waals surface area contributed by atoms with Crippen molar-refractivity contribution in [1.82, 2.24) is 14.5 Å². The first-order chi connectivity index (χ1) is 9.22. The molecule has 0 bridgehead atoms. The van der Waals surface area contributed by atoms with E-state index in [9.17, 15) is 4.79 Å². The summed E-state index contributed by atoms with van der Waals surface area (Å²) in [6, 6.07) is 3.68. The van der Waals surface area contributed by atoms with Crippen LogP contribution in [0.15, 0.2) is 23.5 Å². The van der Waals surface area contributed by atoms with Crippen molar-refractivity contribution in [1.29, 1.82) is 0 Å². The molecule has 102 valence electrons. The summed E-state index contributed by atoms with van der Waals surface area (Å²) in [5.41, 5.74) is 1.53. The molecule has 0 amide bonds. The molecular formula is C12H15N3O3S. The van der Waals surface area contributed by atoms with Gasteiger partial charge in [0, 0.05) is 12.8 Å². The molecule has 2 rings (SSSR count). The highest BCUT2D eigenvalue weighted by molar-refractivity contribution is 7.99. The smallest absolute Gasteiger partial charge is 0.313 e. The van der Waals surface area contributed by atoms with Crippen molar-refractivity contribution < 1.29 is 14.6 Å². The van der Waals surface area contributed by atoms with Gasteiger partial charge in [-0.15, -0.1) is 0 Å². The van der Waals surface area contributed by atoms with Crippen molar-refractivity contribution in [3.8, 4) is 0 Å². The molecule has 0 aliphatic carbocycles. The van der Waals surface area contributed by atoms with Gasteiger partial charge in [-0.2, -0.15) is 0 Å². The van der Waals surface area contributed by atoms with Gasteiger partial charge in [0.2, 0.25) is 0 Å². The van der Waals surface area contributed by atoms with Crippen molar-refractivity contribution >= 4 is 28.9 Å². The van der Waals surface area contributed by atoms with Crippen LogP contribution < -0.4 is 0 Å². The molecule has 0 aliphatic heterocycles. The van der Waals surface area contributed by atoms with Crippen molar-refractivity contribution in [2.45, 2.75) is 18.6 Å². The minimum absolute atomic E-state index is 0.0159. The van der Waals surface area contributed by atoms with Crippen LogP contribution in [-0.2, 0) is 16.1 Å². The maximum atomic E-state index is 10.7. The van der Waals surface area contributed by atoms with Crippen molar-refractivity contribution in [2.24, 2.45) is 0 Å². The zero-order valence-electron chi connectivity index (χ0n) is 10.6. The summed E-state index contributed by atoms with van der Waals surface area (Å²) in [5, 5.41) is 9.42. The van der Waals surface area contributed by atoms with E-state index in [0.29, 0.717) is 24.9 Å². The Balaban J connectivity index is 2.26. The number of aliphatic carboxylic acids is 1. The molecule has 0 aliphatic rings. The second kappa shape index (κ2) is 6.53. The third-order valence-electron chi connectivity index (χ3n) is 2.46. The normalized spacial score (nSPS) is 11.0. The average molecular weight is 281 g/mol. The van der Waals surface area contributed by atoms with E-state index in [-0.39, 0.29) is 5.75 Å². The molecule has 0 radical (unpaired) electrons. The third-order valence-corrected chi connectivity index (χ3v) is 3.42. The van der Waals surface area contributed by atoms with Crippen molar-refractivity contribution in [2.75, 3.05) is 19.0 Å².